The van der Waals surface area contributed by atoms with Crippen LogP contribution in [0.1, 0.15) is 16.5 Å². The van der Waals surface area contributed by atoms with Gasteiger partial charge in [-0.15, -0.1) is 0 Å². The van der Waals surface area contributed by atoms with E-state index in [0.29, 0.717) is 35.7 Å². The van der Waals surface area contributed by atoms with Crippen molar-refractivity contribution in [1.29, 1.82) is 0 Å². The van der Waals surface area contributed by atoms with Gasteiger partial charge in [0, 0.05) is 24.7 Å². The lowest BCUT2D eigenvalue weighted by molar-refractivity contribution is 0.0487. The number of carbonyl (C=O) groups excluding carboxylic acids is 1. The molecule has 0 saturated carbocycles. The third-order valence-corrected chi connectivity index (χ3v) is 5.37. The summed E-state index contributed by atoms with van der Waals surface area (Å²) in [5.74, 6) is 0.476. The summed E-state index contributed by atoms with van der Waals surface area (Å²) in [6.07, 6.45) is 1.49. The Hall–Kier alpha value is -4.07. The number of aromatic nitrogens is 4. The van der Waals surface area contributed by atoms with E-state index in [1.165, 1.54) is 16.9 Å². The molecule has 5 rings (SSSR count). The Morgan fingerprint density at radius 3 is 2.55 bits per heavy atom. The zero-order valence-electron chi connectivity index (χ0n) is 16.8. The molecule has 154 valence electrons. The van der Waals surface area contributed by atoms with Crippen molar-refractivity contribution >= 4 is 16.9 Å². The van der Waals surface area contributed by atoms with Crippen LogP contribution in [0.2, 0.25) is 0 Å². The molecule has 1 fully saturated rings. The number of benzene rings is 2. The molecule has 0 bridgehead atoms. The minimum absolute atomic E-state index is 0.195. The van der Waals surface area contributed by atoms with Gasteiger partial charge in [0.15, 0.2) is 0 Å². The molecule has 0 radical (unpaired) electrons. The first-order chi connectivity index (χ1) is 15.1. The fourth-order valence-corrected chi connectivity index (χ4v) is 3.68. The lowest BCUT2D eigenvalue weighted by atomic mass is 10.1. The highest BCUT2D eigenvalue weighted by Gasteiger charge is 2.34. The van der Waals surface area contributed by atoms with Crippen molar-refractivity contribution in [3.05, 3.63) is 82.9 Å². The topological polar surface area (TPSA) is 90.2 Å². The van der Waals surface area contributed by atoms with Gasteiger partial charge in [-0.2, -0.15) is 5.10 Å². The third kappa shape index (κ3) is 3.42. The number of hydrogen-bond donors (Lipinski definition) is 0. The summed E-state index contributed by atoms with van der Waals surface area (Å²) in [6.45, 7) is 0.769. The van der Waals surface area contributed by atoms with Crippen molar-refractivity contribution in [2.75, 3.05) is 20.2 Å². The van der Waals surface area contributed by atoms with Gasteiger partial charge >= 0.3 is 0 Å². The molecule has 0 atom stereocenters. The number of para-hydroxylation sites is 3. The SMILES string of the molecule is COc1ccccc1-c1ccc(=O)n(C2CN(C(=O)c3cnc4ccccc4n3)C2)n1. The molecule has 1 saturated heterocycles. The molecule has 8 heteroatoms. The molecule has 1 aliphatic rings. The highest BCUT2D eigenvalue weighted by atomic mass is 16.5. The van der Waals surface area contributed by atoms with Crippen LogP contribution in [0.4, 0.5) is 0 Å². The number of amides is 1. The van der Waals surface area contributed by atoms with E-state index in [2.05, 4.69) is 15.1 Å². The molecule has 0 aliphatic carbocycles. The van der Waals surface area contributed by atoms with Gasteiger partial charge in [0.05, 0.1) is 36.1 Å². The third-order valence-electron chi connectivity index (χ3n) is 5.37. The Bertz CT molecular complexity index is 1340. The van der Waals surface area contributed by atoms with Gasteiger partial charge in [0.2, 0.25) is 0 Å². The Balaban J connectivity index is 1.36. The summed E-state index contributed by atoms with van der Waals surface area (Å²) in [7, 11) is 1.60. The van der Waals surface area contributed by atoms with E-state index in [4.69, 9.17) is 4.74 Å². The van der Waals surface area contributed by atoms with Gasteiger partial charge in [-0.25, -0.2) is 9.67 Å². The summed E-state index contributed by atoms with van der Waals surface area (Å²) < 4.78 is 6.85. The van der Waals surface area contributed by atoms with Gasteiger partial charge in [-0.1, -0.05) is 24.3 Å². The summed E-state index contributed by atoms with van der Waals surface area (Å²) in [6, 6.07) is 17.9. The summed E-state index contributed by atoms with van der Waals surface area (Å²) in [5.41, 5.74) is 2.94. The first-order valence-corrected chi connectivity index (χ1v) is 9.88. The predicted molar refractivity (Wildman–Crippen MR) is 115 cm³/mol. The average molecular weight is 413 g/mol. The number of nitrogens with zero attached hydrogens (tertiary/aromatic N) is 5. The van der Waals surface area contributed by atoms with Gasteiger partial charge in [0.25, 0.3) is 11.5 Å². The largest absolute Gasteiger partial charge is 0.496 e. The van der Waals surface area contributed by atoms with Crippen molar-refractivity contribution in [3.63, 3.8) is 0 Å². The predicted octanol–water partition coefficient (Wildman–Crippen LogP) is 2.56. The highest BCUT2D eigenvalue weighted by Crippen LogP contribution is 2.28. The number of methoxy groups -OCH3 is 1. The van der Waals surface area contributed by atoms with E-state index in [9.17, 15) is 9.59 Å². The lowest BCUT2D eigenvalue weighted by Crippen LogP contribution is -2.53. The Labute approximate surface area is 177 Å². The van der Waals surface area contributed by atoms with Crippen LogP contribution in [0.25, 0.3) is 22.3 Å². The number of carbonyl (C=O) groups is 1. The molecule has 4 aromatic rings. The Kier molecular flexibility index (Phi) is 4.66. The maximum Gasteiger partial charge on any atom is 0.274 e. The van der Waals surface area contributed by atoms with Crippen LogP contribution < -0.4 is 10.3 Å². The maximum absolute atomic E-state index is 12.8. The molecule has 2 aromatic carbocycles. The molecule has 8 nitrogen and oxygen atoms in total. The maximum atomic E-state index is 12.8. The summed E-state index contributed by atoms with van der Waals surface area (Å²) in [5, 5.41) is 4.54. The molecular weight excluding hydrogens is 394 g/mol. The number of hydrogen-bond acceptors (Lipinski definition) is 6. The molecule has 31 heavy (non-hydrogen) atoms. The van der Waals surface area contributed by atoms with Crippen molar-refractivity contribution in [2.45, 2.75) is 6.04 Å². The first kappa shape index (κ1) is 18.9. The molecule has 3 heterocycles. The van der Waals surface area contributed by atoms with E-state index >= 15 is 0 Å². The second kappa shape index (κ2) is 7.64. The van der Waals surface area contributed by atoms with Crippen LogP contribution >= 0.6 is 0 Å². The van der Waals surface area contributed by atoms with Crippen molar-refractivity contribution in [1.82, 2.24) is 24.6 Å². The van der Waals surface area contributed by atoms with E-state index < -0.39 is 0 Å². The van der Waals surface area contributed by atoms with Gasteiger partial charge in [0.1, 0.15) is 11.4 Å². The summed E-state index contributed by atoms with van der Waals surface area (Å²) >= 11 is 0. The molecular formula is C23H19N5O3. The van der Waals surface area contributed by atoms with E-state index in [1.807, 2.05) is 48.5 Å². The number of likely N-dealkylation sites (tertiary alicyclic amines) is 1. The van der Waals surface area contributed by atoms with Crippen molar-refractivity contribution < 1.29 is 9.53 Å². The Morgan fingerprint density at radius 2 is 1.74 bits per heavy atom. The standard InChI is InChI=1S/C23H19N5O3/c1-31-21-9-5-2-6-16(21)17-10-11-22(29)28(26-17)15-13-27(14-15)23(30)20-12-24-18-7-3-4-8-19(18)25-20/h2-12,15H,13-14H2,1H3. The van der Waals surface area contributed by atoms with E-state index in [0.717, 1.165) is 11.1 Å². The van der Waals surface area contributed by atoms with Crippen LogP contribution in [0.3, 0.4) is 0 Å². The van der Waals surface area contributed by atoms with Crippen LogP contribution in [0.5, 0.6) is 5.75 Å². The summed E-state index contributed by atoms with van der Waals surface area (Å²) in [4.78, 5) is 35.6. The van der Waals surface area contributed by atoms with E-state index in [1.54, 1.807) is 18.1 Å². The molecule has 2 aromatic heterocycles. The zero-order chi connectivity index (χ0) is 21.4. The number of rotatable bonds is 4. The monoisotopic (exact) mass is 413 g/mol. The van der Waals surface area contributed by atoms with Crippen LogP contribution in [-0.4, -0.2) is 50.8 Å². The smallest absolute Gasteiger partial charge is 0.274 e. The average Bonchev–Trinajstić information content (AvgIpc) is 2.79. The number of fused-ring (bicyclic) bond motifs is 1. The molecule has 0 N–H and O–H groups in total. The van der Waals surface area contributed by atoms with Crippen LogP contribution in [0.15, 0.2) is 71.7 Å². The minimum Gasteiger partial charge on any atom is -0.496 e. The number of ether oxygens (including phenoxy) is 1. The molecule has 0 spiro atoms. The zero-order valence-corrected chi connectivity index (χ0v) is 16.8. The van der Waals surface area contributed by atoms with Gasteiger partial charge < -0.3 is 9.64 Å². The molecule has 1 aliphatic heterocycles. The normalized spacial score (nSPS) is 13.8. The van der Waals surface area contributed by atoms with Crippen molar-refractivity contribution in [3.8, 4) is 17.0 Å². The molecule has 1 amide bonds. The van der Waals surface area contributed by atoms with Crippen molar-refractivity contribution in [2.24, 2.45) is 0 Å². The van der Waals surface area contributed by atoms with Gasteiger partial charge in [-0.3, -0.25) is 14.6 Å². The molecule has 0 unspecified atom stereocenters. The fourth-order valence-electron chi connectivity index (χ4n) is 3.68. The fraction of sp³-hybridized carbons (Fsp3) is 0.174. The van der Waals surface area contributed by atoms with Crippen LogP contribution in [0, 0.1) is 0 Å². The lowest BCUT2D eigenvalue weighted by Gasteiger charge is -2.39. The second-order valence-electron chi connectivity index (χ2n) is 7.31. The van der Waals surface area contributed by atoms with Gasteiger partial charge in [-0.05, 0) is 30.3 Å². The quantitative estimate of drug-likeness (QED) is 0.511. The van der Waals surface area contributed by atoms with E-state index in [-0.39, 0.29) is 17.5 Å². The van der Waals surface area contributed by atoms with Crippen LogP contribution in [-0.2, 0) is 0 Å². The highest BCUT2D eigenvalue weighted by molar-refractivity contribution is 5.94. The Morgan fingerprint density at radius 1 is 1.00 bits per heavy atom. The second-order valence-corrected chi connectivity index (χ2v) is 7.31. The first-order valence-electron chi connectivity index (χ1n) is 9.88. The minimum atomic E-state index is -0.207.